The number of unbranched alkanes of at least 4 members (excludes halogenated alkanes) is 1. The van der Waals surface area contributed by atoms with Gasteiger partial charge in [-0.1, -0.05) is 18.2 Å². The van der Waals surface area contributed by atoms with Gasteiger partial charge < -0.3 is 0 Å². The number of fused-ring (bicyclic) bond motifs is 1. The Kier molecular flexibility index (Phi) is 4.20. The summed E-state index contributed by atoms with van der Waals surface area (Å²) in [7, 11) is -1.95. The van der Waals surface area contributed by atoms with Gasteiger partial charge in [-0.2, -0.15) is 5.26 Å². The minimum atomic E-state index is -3.43. The molecule has 2 aromatic rings. The van der Waals surface area contributed by atoms with Crippen molar-refractivity contribution in [1.29, 1.82) is 5.26 Å². The van der Waals surface area contributed by atoms with Gasteiger partial charge in [-0.05, 0) is 24.6 Å². The zero-order valence-electron chi connectivity index (χ0n) is 11.2. The van der Waals surface area contributed by atoms with Crippen LogP contribution < -0.4 is 4.31 Å². The third kappa shape index (κ3) is 3.06. The van der Waals surface area contributed by atoms with Gasteiger partial charge in [0, 0.05) is 18.9 Å². The summed E-state index contributed by atoms with van der Waals surface area (Å²) in [5.74, 6) is 0.339. The van der Waals surface area contributed by atoms with Gasteiger partial charge in [0.25, 0.3) is 0 Å². The molecule has 2 rings (SSSR count). The lowest BCUT2D eigenvalue weighted by Crippen LogP contribution is -2.29. The van der Waals surface area contributed by atoms with Crippen LogP contribution in [0, 0.1) is 11.3 Å². The summed E-state index contributed by atoms with van der Waals surface area (Å²) in [6.45, 7) is 0. The first-order chi connectivity index (χ1) is 9.54. The van der Waals surface area contributed by atoms with E-state index in [9.17, 15) is 8.42 Å². The number of para-hydroxylation sites is 1. The van der Waals surface area contributed by atoms with Crippen molar-refractivity contribution in [3.05, 3.63) is 36.4 Å². The van der Waals surface area contributed by atoms with Crippen LogP contribution in [-0.4, -0.2) is 26.2 Å². The highest BCUT2D eigenvalue weighted by atomic mass is 32.2. The second-order valence-electron chi connectivity index (χ2n) is 4.41. The number of hydrogen-bond donors (Lipinski definition) is 0. The maximum Gasteiger partial charge on any atom is 0.236 e. The molecule has 0 aliphatic carbocycles. The van der Waals surface area contributed by atoms with Gasteiger partial charge in [-0.3, -0.25) is 4.31 Å². The fraction of sp³-hybridized carbons (Fsp3) is 0.286. The summed E-state index contributed by atoms with van der Waals surface area (Å²) in [6.07, 6.45) is 0.564. The molecule has 6 heteroatoms. The first-order valence-electron chi connectivity index (χ1n) is 6.24. The van der Waals surface area contributed by atoms with Crippen molar-refractivity contribution in [1.82, 2.24) is 4.98 Å². The maximum atomic E-state index is 12.1. The fourth-order valence-electron chi connectivity index (χ4n) is 1.84. The Labute approximate surface area is 118 Å². The van der Waals surface area contributed by atoms with Gasteiger partial charge in [-0.15, -0.1) is 0 Å². The van der Waals surface area contributed by atoms with Crippen molar-refractivity contribution >= 4 is 26.7 Å². The van der Waals surface area contributed by atoms with E-state index in [4.69, 9.17) is 5.26 Å². The van der Waals surface area contributed by atoms with Crippen molar-refractivity contribution in [2.75, 3.05) is 17.1 Å². The smallest absolute Gasteiger partial charge is 0.236 e. The van der Waals surface area contributed by atoms with E-state index >= 15 is 0 Å². The summed E-state index contributed by atoms with van der Waals surface area (Å²) in [5, 5.41) is 9.43. The molecule has 0 fully saturated rings. The minimum Gasteiger partial charge on any atom is -0.257 e. The van der Waals surface area contributed by atoms with Gasteiger partial charge in [0.1, 0.15) is 5.82 Å². The van der Waals surface area contributed by atoms with E-state index < -0.39 is 10.0 Å². The quantitative estimate of drug-likeness (QED) is 0.792. The zero-order valence-corrected chi connectivity index (χ0v) is 12.0. The lowest BCUT2D eigenvalue weighted by Gasteiger charge is -2.18. The van der Waals surface area contributed by atoms with E-state index in [2.05, 4.69) is 4.98 Å². The molecular weight excluding hydrogens is 274 g/mol. The number of aromatic nitrogens is 1. The standard InChI is InChI=1S/C14H15N3O2S/c1-17(20(18,19)11-5-4-10-15)14-9-8-12-6-2-3-7-13(12)16-14/h2-3,6-9H,4-5,11H2,1H3. The van der Waals surface area contributed by atoms with Gasteiger partial charge in [0.15, 0.2) is 0 Å². The van der Waals surface area contributed by atoms with Gasteiger partial charge in [-0.25, -0.2) is 13.4 Å². The van der Waals surface area contributed by atoms with Crippen LogP contribution in [-0.2, 0) is 10.0 Å². The minimum absolute atomic E-state index is 0.0500. The van der Waals surface area contributed by atoms with E-state index in [-0.39, 0.29) is 12.2 Å². The predicted octanol–water partition coefficient (Wildman–Crippen LogP) is 2.30. The summed E-state index contributed by atoms with van der Waals surface area (Å²) in [5.41, 5.74) is 0.754. The number of pyridine rings is 1. The molecule has 1 aromatic carbocycles. The number of nitriles is 1. The van der Waals surface area contributed by atoms with E-state index in [1.165, 1.54) is 11.4 Å². The molecule has 0 N–H and O–H groups in total. The topological polar surface area (TPSA) is 74.1 Å². The Morgan fingerprint density at radius 3 is 2.75 bits per heavy atom. The number of anilines is 1. The molecule has 1 heterocycles. The molecule has 0 spiro atoms. The second-order valence-corrected chi connectivity index (χ2v) is 6.53. The molecule has 0 saturated carbocycles. The number of sulfonamides is 1. The van der Waals surface area contributed by atoms with E-state index in [1.807, 2.05) is 36.4 Å². The summed E-state index contributed by atoms with van der Waals surface area (Å²) < 4.78 is 25.4. The van der Waals surface area contributed by atoms with Crippen molar-refractivity contribution in [3.63, 3.8) is 0 Å². The molecule has 0 unspecified atom stereocenters. The second kappa shape index (κ2) is 5.88. The summed E-state index contributed by atoms with van der Waals surface area (Å²) >= 11 is 0. The molecule has 20 heavy (non-hydrogen) atoms. The number of nitrogens with zero attached hydrogens (tertiary/aromatic N) is 3. The molecule has 0 aliphatic heterocycles. The summed E-state index contributed by atoms with van der Waals surface area (Å²) in [4.78, 5) is 4.35. The summed E-state index contributed by atoms with van der Waals surface area (Å²) in [6, 6.07) is 13.0. The van der Waals surface area contributed by atoms with E-state index in [0.717, 1.165) is 10.9 Å². The number of hydrogen-bond acceptors (Lipinski definition) is 4. The molecular formula is C14H15N3O2S. The van der Waals surface area contributed by atoms with Crippen LogP contribution in [0.1, 0.15) is 12.8 Å². The number of benzene rings is 1. The van der Waals surface area contributed by atoms with Crippen LogP contribution in [0.4, 0.5) is 5.82 Å². The maximum absolute atomic E-state index is 12.1. The highest BCUT2D eigenvalue weighted by Crippen LogP contribution is 2.19. The van der Waals surface area contributed by atoms with E-state index in [0.29, 0.717) is 12.2 Å². The van der Waals surface area contributed by atoms with Crippen LogP contribution in [0.5, 0.6) is 0 Å². The van der Waals surface area contributed by atoms with Crippen LogP contribution in [0.3, 0.4) is 0 Å². The third-order valence-corrected chi connectivity index (χ3v) is 4.84. The molecule has 0 bridgehead atoms. The Bertz CT molecular complexity index is 750. The van der Waals surface area contributed by atoms with Crippen LogP contribution in [0.15, 0.2) is 36.4 Å². The molecule has 0 atom stereocenters. The van der Waals surface area contributed by atoms with Gasteiger partial charge in [0.05, 0.1) is 17.3 Å². The van der Waals surface area contributed by atoms with Crippen LogP contribution in [0.2, 0.25) is 0 Å². The Morgan fingerprint density at radius 2 is 2.00 bits per heavy atom. The lowest BCUT2D eigenvalue weighted by atomic mass is 10.2. The average molecular weight is 289 g/mol. The SMILES string of the molecule is CN(c1ccc2ccccc2n1)S(=O)(=O)CCCC#N. The van der Waals surface area contributed by atoms with E-state index in [1.54, 1.807) is 6.07 Å². The predicted molar refractivity (Wildman–Crippen MR) is 78.8 cm³/mol. The van der Waals surface area contributed by atoms with Gasteiger partial charge in [0.2, 0.25) is 10.0 Å². The third-order valence-electron chi connectivity index (χ3n) is 3.01. The fourth-order valence-corrected chi connectivity index (χ4v) is 3.01. The van der Waals surface area contributed by atoms with Crippen molar-refractivity contribution in [2.45, 2.75) is 12.8 Å². The Morgan fingerprint density at radius 1 is 1.25 bits per heavy atom. The van der Waals surface area contributed by atoms with Crippen LogP contribution in [0.25, 0.3) is 10.9 Å². The first kappa shape index (κ1) is 14.3. The lowest BCUT2D eigenvalue weighted by molar-refractivity contribution is 0.591. The molecule has 1 aromatic heterocycles. The average Bonchev–Trinajstić information content (AvgIpc) is 2.46. The van der Waals surface area contributed by atoms with Crippen molar-refractivity contribution in [3.8, 4) is 6.07 Å². The monoisotopic (exact) mass is 289 g/mol. The normalized spacial score (nSPS) is 11.2. The Balaban J connectivity index is 2.26. The molecule has 0 aliphatic rings. The molecule has 0 radical (unpaired) electrons. The van der Waals surface area contributed by atoms with Crippen LogP contribution >= 0.6 is 0 Å². The number of rotatable bonds is 5. The highest BCUT2D eigenvalue weighted by molar-refractivity contribution is 7.92. The Hall–Kier alpha value is -2.13. The molecule has 0 amide bonds. The molecule has 104 valence electrons. The van der Waals surface area contributed by atoms with Crippen molar-refractivity contribution in [2.24, 2.45) is 0 Å². The molecule has 0 saturated heterocycles. The molecule has 5 nitrogen and oxygen atoms in total. The largest absolute Gasteiger partial charge is 0.257 e. The van der Waals surface area contributed by atoms with Crippen molar-refractivity contribution < 1.29 is 8.42 Å². The highest BCUT2D eigenvalue weighted by Gasteiger charge is 2.19. The van der Waals surface area contributed by atoms with Gasteiger partial charge >= 0.3 is 0 Å². The first-order valence-corrected chi connectivity index (χ1v) is 7.85. The zero-order chi connectivity index (χ0) is 14.6.